The summed E-state index contributed by atoms with van der Waals surface area (Å²) in [6.45, 7) is 3.18. The Morgan fingerprint density at radius 2 is 1.86 bits per heavy atom. The highest BCUT2D eigenvalue weighted by Gasteiger charge is 2.33. The summed E-state index contributed by atoms with van der Waals surface area (Å²) >= 11 is 0. The minimum atomic E-state index is -3.68. The van der Waals surface area contributed by atoms with Gasteiger partial charge < -0.3 is 10.1 Å². The standard InChI is InChI=1S/C21H25FN2O4S/c1-2-28-19-9-11-20(12-10-19)29(26,27)24-13-3-4-17(15-24)21(25)23-14-16-5-7-18(22)8-6-16/h5-12,17H,2-4,13-15H2,1H3,(H,23,25). The fourth-order valence-corrected chi connectivity index (χ4v) is 4.86. The zero-order valence-electron chi connectivity index (χ0n) is 16.3. The second-order valence-electron chi connectivity index (χ2n) is 6.95. The third-order valence-electron chi connectivity index (χ3n) is 4.91. The van der Waals surface area contributed by atoms with E-state index in [1.807, 2.05) is 6.92 Å². The number of nitrogens with zero attached hydrogens (tertiary/aromatic N) is 1. The molecule has 1 N–H and O–H groups in total. The van der Waals surface area contributed by atoms with E-state index in [9.17, 15) is 17.6 Å². The lowest BCUT2D eigenvalue weighted by atomic mass is 9.99. The van der Waals surface area contributed by atoms with Crippen LogP contribution in [0.5, 0.6) is 5.75 Å². The molecule has 1 unspecified atom stereocenters. The third kappa shape index (κ3) is 5.33. The van der Waals surface area contributed by atoms with Crippen molar-refractivity contribution in [2.75, 3.05) is 19.7 Å². The van der Waals surface area contributed by atoms with E-state index in [1.54, 1.807) is 24.3 Å². The van der Waals surface area contributed by atoms with Crippen molar-refractivity contribution in [1.29, 1.82) is 0 Å². The largest absolute Gasteiger partial charge is 0.494 e. The molecule has 0 spiro atoms. The van der Waals surface area contributed by atoms with Gasteiger partial charge in [-0.1, -0.05) is 12.1 Å². The molecular formula is C21H25FN2O4S. The molecule has 1 saturated heterocycles. The zero-order valence-corrected chi connectivity index (χ0v) is 17.1. The summed E-state index contributed by atoms with van der Waals surface area (Å²) in [5.41, 5.74) is 0.787. The highest BCUT2D eigenvalue weighted by atomic mass is 32.2. The smallest absolute Gasteiger partial charge is 0.243 e. The summed E-state index contributed by atoms with van der Waals surface area (Å²) in [5, 5.41) is 2.82. The lowest BCUT2D eigenvalue weighted by Gasteiger charge is -2.31. The minimum Gasteiger partial charge on any atom is -0.494 e. The van der Waals surface area contributed by atoms with Crippen LogP contribution in [-0.4, -0.2) is 38.3 Å². The van der Waals surface area contributed by atoms with Gasteiger partial charge in [0, 0.05) is 19.6 Å². The molecule has 8 heteroatoms. The molecule has 0 radical (unpaired) electrons. The normalized spacial score (nSPS) is 17.7. The first-order valence-corrected chi connectivity index (χ1v) is 11.1. The Labute approximate surface area is 170 Å². The number of hydrogen-bond acceptors (Lipinski definition) is 4. The zero-order chi connectivity index (χ0) is 20.9. The van der Waals surface area contributed by atoms with Crippen LogP contribution in [0.1, 0.15) is 25.3 Å². The van der Waals surface area contributed by atoms with Crippen LogP contribution in [0.2, 0.25) is 0 Å². The van der Waals surface area contributed by atoms with Crippen molar-refractivity contribution >= 4 is 15.9 Å². The summed E-state index contributed by atoms with van der Waals surface area (Å²) in [6.07, 6.45) is 1.25. The first kappa shape index (κ1) is 21.3. The van der Waals surface area contributed by atoms with Crippen molar-refractivity contribution < 1.29 is 22.3 Å². The van der Waals surface area contributed by atoms with E-state index in [0.717, 1.165) is 5.56 Å². The van der Waals surface area contributed by atoms with Crippen LogP contribution in [0, 0.1) is 11.7 Å². The van der Waals surface area contributed by atoms with E-state index in [0.29, 0.717) is 31.7 Å². The second kappa shape index (κ2) is 9.37. The number of hydrogen-bond donors (Lipinski definition) is 1. The molecule has 1 heterocycles. The molecule has 0 bridgehead atoms. The predicted molar refractivity (Wildman–Crippen MR) is 107 cm³/mol. The molecule has 1 atom stereocenters. The lowest BCUT2D eigenvalue weighted by molar-refractivity contribution is -0.126. The van der Waals surface area contributed by atoms with Crippen molar-refractivity contribution in [3.8, 4) is 5.75 Å². The molecule has 29 heavy (non-hydrogen) atoms. The van der Waals surface area contributed by atoms with Crippen molar-refractivity contribution in [3.63, 3.8) is 0 Å². The fraction of sp³-hybridized carbons (Fsp3) is 0.381. The van der Waals surface area contributed by atoms with Gasteiger partial charge in [0.25, 0.3) is 0 Å². The average Bonchev–Trinajstić information content (AvgIpc) is 2.74. The van der Waals surface area contributed by atoms with Crippen molar-refractivity contribution in [2.24, 2.45) is 5.92 Å². The highest BCUT2D eigenvalue weighted by Crippen LogP contribution is 2.25. The number of carbonyl (C=O) groups is 1. The highest BCUT2D eigenvalue weighted by molar-refractivity contribution is 7.89. The van der Waals surface area contributed by atoms with Gasteiger partial charge in [-0.3, -0.25) is 4.79 Å². The molecule has 1 fully saturated rings. The number of carbonyl (C=O) groups excluding carboxylic acids is 1. The van der Waals surface area contributed by atoms with E-state index in [1.165, 1.54) is 28.6 Å². The van der Waals surface area contributed by atoms with Crippen molar-refractivity contribution in [2.45, 2.75) is 31.2 Å². The molecule has 2 aromatic carbocycles. The molecule has 0 aliphatic carbocycles. The van der Waals surface area contributed by atoms with Gasteiger partial charge in [0.2, 0.25) is 15.9 Å². The van der Waals surface area contributed by atoms with Crippen LogP contribution in [-0.2, 0) is 21.4 Å². The molecule has 3 rings (SSSR count). The molecule has 156 valence electrons. The number of nitrogens with one attached hydrogen (secondary N) is 1. The maximum absolute atomic E-state index is 13.0. The SMILES string of the molecule is CCOc1ccc(S(=O)(=O)N2CCCC(C(=O)NCc3ccc(F)cc3)C2)cc1. The first-order chi connectivity index (χ1) is 13.9. The van der Waals surface area contributed by atoms with Gasteiger partial charge in [-0.2, -0.15) is 4.31 Å². The number of ether oxygens (including phenoxy) is 1. The summed E-state index contributed by atoms with van der Waals surface area (Å²) < 4.78 is 45.6. The van der Waals surface area contributed by atoms with Crippen LogP contribution >= 0.6 is 0 Å². The molecule has 1 amide bonds. The maximum atomic E-state index is 13.0. The van der Waals surface area contributed by atoms with E-state index < -0.39 is 15.9 Å². The molecular weight excluding hydrogens is 395 g/mol. The lowest BCUT2D eigenvalue weighted by Crippen LogP contribution is -2.45. The van der Waals surface area contributed by atoms with Crippen molar-refractivity contribution in [3.05, 3.63) is 59.9 Å². The third-order valence-corrected chi connectivity index (χ3v) is 6.79. The number of amides is 1. The summed E-state index contributed by atoms with van der Waals surface area (Å²) in [4.78, 5) is 12.7. The van der Waals surface area contributed by atoms with E-state index in [-0.39, 0.29) is 29.7 Å². The summed E-state index contributed by atoms with van der Waals surface area (Å²) in [6, 6.07) is 12.2. The average molecular weight is 421 g/mol. The minimum absolute atomic E-state index is 0.144. The van der Waals surface area contributed by atoms with Crippen LogP contribution in [0.3, 0.4) is 0 Å². The molecule has 2 aromatic rings. The number of piperidine rings is 1. The Morgan fingerprint density at radius 3 is 2.52 bits per heavy atom. The number of rotatable bonds is 7. The fourth-order valence-electron chi connectivity index (χ4n) is 3.33. The number of halogens is 1. The Kier molecular flexibility index (Phi) is 6.87. The van der Waals surface area contributed by atoms with Gasteiger partial charge in [-0.15, -0.1) is 0 Å². The predicted octanol–water partition coefficient (Wildman–Crippen LogP) is 2.94. The van der Waals surface area contributed by atoms with Gasteiger partial charge in [0.15, 0.2) is 0 Å². The van der Waals surface area contributed by atoms with Gasteiger partial charge in [0.05, 0.1) is 17.4 Å². The topological polar surface area (TPSA) is 75.7 Å². The Hall–Kier alpha value is -2.45. The van der Waals surface area contributed by atoms with Gasteiger partial charge in [-0.25, -0.2) is 12.8 Å². The van der Waals surface area contributed by atoms with Crippen LogP contribution in [0.4, 0.5) is 4.39 Å². The van der Waals surface area contributed by atoms with Gasteiger partial charge in [-0.05, 0) is 61.7 Å². The summed E-state index contributed by atoms with van der Waals surface area (Å²) in [7, 11) is -3.68. The van der Waals surface area contributed by atoms with Crippen LogP contribution in [0.25, 0.3) is 0 Å². The van der Waals surface area contributed by atoms with E-state index >= 15 is 0 Å². The number of sulfonamides is 1. The monoisotopic (exact) mass is 420 g/mol. The maximum Gasteiger partial charge on any atom is 0.243 e. The molecule has 6 nitrogen and oxygen atoms in total. The van der Waals surface area contributed by atoms with Crippen LogP contribution in [0.15, 0.2) is 53.4 Å². The molecule has 0 saturated carbocycles. The van der Waals surface area contributed by atoms with Crippen LogP contribution < -0.4 is 10.1 Å². The summed E-state index contributed by atoms with van der Waals surface area (Å²) in [5.74, 6) is -0.326. The Morgan fingerprint density at radius 1 is 1.17 bits per heavy atom. The van der Waals surface area contributed by atoms with E-state index in [2.05, 4.69) is 5.32 Å². The Bertz CT molecular complexity index is 930. The quantitative estimate of drug-likeness (QED) is 0.747. The van der Waals surface area contributed by atoms with Gasteiger partial charge >= 0.3 is 0 Å². The van der Waals surface area contributed by atoms with Gasteiger partial charge in [0.1, 0.15) is 11.6 Å². The van der Waals surface area contributed by atoms with Crippen molar-refractivity contribution in [1.82, 2.24) is 9.62 Å². The second-order valence-corrected chi connectivity index (χ2v) is 8.89. The Balaban J connectivity index is 1.62. The molecule has 0 aromatic heterocycles. The molecule has 1 aliphatic heterocycles. The van der Waals surface area contributed by atoms with E-state index in [4.69, 9.17) is 4.74 Å². The molecule has 1 aliphatic rings. The first-order valence-electron chi connectivity index (χ1n) is 9.65. The number of benzene rings is 2.